The molecule has 2 aliphatic heterocycles. The average Bonchev–Trinajstić information content (AvgIpc) is 3.44. The highest BCUT2D eigenvalue weighted by Gasteiger charge is 2.21. The zero-order chi connectivity index (χ0) is 51.2. The van der Waals surface area contributed by atoms with Gasteiger partial charge in [0.05, 0.1) is 84.1 Å². The Kier molecular flexibility index (Phi) is 17.3. The van der Waals surface area contributed by atoms with E-state index in [0.717, 1.165) is 70.7 Å². The lowest BCUT2D eigenvalue weighted by atomic mass is 10.1. The van der Waals surface area contributed by atoms with Crippen LogP contribution in [0.5, 0.6) is 58.0 Å². The first-order valence-corrected chi connectivity index (χ1v) is 24.8. The SMILES string of the molecule is COc1ccc(CCOc2nc(N3CCOCC3)c3cc(Oc4cccc(Cl)c4)ccc3n2)cc1OC.COc1ccc(CCOc2nc(N3CCOCC3)c3cc(Oc4ccccc4Cl)ccc3n2)cc1OC. The molecule has 2 aliphatic rings. The molecule has 18 heteroatoms. The van der Waals surface area contributed by atoms with Gasteiger partial charge >= 0.3 is 12.0 Å². The smallest absolute Gasteiger partial charge is 0.318 e. The van der Waals surface area contributed by atoms with Crippen molar-refractivity contribution >= 4 is 56.6 Å². The molecule has 16 nitrogen and oxygen atoms in total. The van der Waals surface area contributed by atoms with E-state index < -0.39 is 0 Å². The summed E-state index contributed by atoms with van der Waals surface area (Å²) < 4.78 is 56.7. The number of nitrogens with zero attached hydrogens (tertiary/aromatic N) is 6. The number of para-hydroxylation sites is 1. The lowest BCUT2D eigenvalue weighted by Crippen LogP contribution is -2.37. The van der Waals surface area contributed by atoms with Gasteiger partial charge in [-0.3, -0.25) is 0 Å². The largest absolute Gasteiger partial charge is 0.493 e. The molecular weight excluding hydrogens is 988 g/mol. The van der Waals surface area contributed by atoms with Crippen LogP contribution in [0.4, 0.5) is 11.6 Å². The molecule has 4 heterocycles. The third-order valence-corrected chi connectivity index (χ3v) is 12.7. The number of methoxy groups -OCH3 is 4. The van der Waals surface area contributed by atoms with Crippen molar-refractivity contribution in [3.05, 3.63) is 142 Å². The number of morpholine rings is 2. The molecule has 6 aromatic carbocycles. The number of ether oxygens (including phenoxy) is 10. The number of benzene rings is 6. The number of hydrogen-bond donors (Lipinski definition) is 0. The maximum Gasteiger partial charge on any atom is 0.318 e. The van der Waals surface area contributed by atoms with Crippen LogP contribution in [0.1, 0.15) is 11.1 Å². The van der Waals surface area contributed by atoms with Crippen molar-refractivity contribution in [3.8, 4) is 58.0 Å². The van der Waals surface area contributed by atoms with Crippen LogP contribution in [0, 0.1) is 0 Å². The molecule has 8 aromatic rings. The maximum atomic E-state index is 6.29. The summed E-state index contributed by atoms with van der Waals surface area (Å²) in [5.74, 6) is 6.93. The first kappa shape index (κ1) is 51.4. The molecule has 2 fully saturated rings. The van der Waals surface area contributed by atoms with Gasteiger partial charge in [0.2, 0.25) is 0 Å². The fourth-order valence-corrected chi connectivity index (χ4v) is 8.70. The highest BCUT2D eigenvalue weighted by molar-refractivity contribution is 6.32. The van der Waals surface area contributed by atoms with Gasteiger partial charge in [-0.05, 0) is 102 Å². The first-order valence-electron chi connectivity index (χ1n) is 24.1. The second-order valence-electron chi connectivity index (χ2n) is 16.9. The Hall–Kier alpha value is -7.50. The maximum absolute atomic E-state index is 6.29. The van der Waals surface area contributed by atoms with E-state index in [-0.39, 0.29) is 0 Å². The van der Waals surface area contributed by atoms with E-state index in [1.54, 1.807) is 40.6 Å². The van der Waals surface area contributed by atoms with Crippen LogP contribution in [0.3, 0.4) is 0 Å². The Balaban J connectivity index is 0.000000182. The molecule has 0 atom stereocenters. The van der Waals surface area contributed by atoms with Crippen molar-refractivity contribution in [2.75, 3.05) is 104 Å². The van der Waals surface area contributed by atoms with Crippen LogP contribution >= 0.6 is 23.2 Å². The third kappa shape index (κ3) is 13.0. The minimum absolute atomic E-state index is 0.328. The van der Waals surface area contributed by atoms with Gasteiger partial charge in [0, 0.05) is 54.8 Å². The Bertz CT molecular complexity index is 3180. The highest BCUT2D eigenvalue weighted by Crippen LogP contribution is 2.36. The van der Waals surface area contributed by atoms with E-state index in [4.69, 9.17) is 80.5 Å². The molecule has 74 heavy (non-hydrogen) atoms. The monoisotopic (exact) mass is 1040 g/mol. The summed E-state index contributed by atoms with van der Waals surface area (Å²) in [6.07, 6.45) is 1.33. The van der Waals surface area contributed by atoms with Crippen molar-refractivity contribution in [3.63, 3.8) is 0 Å². The quantitative estimate of drug-likeness (QED) is 0.0801. The zero-order valence-electron chi connectivity index (χ0n) is 41.6. The van der Waals surface area contributed by atoms with Gasteiger partial charge in [-0.2, -0.15) is 19.9 Å². The molecule has 0 spiro atoms. The summed E-state index contributed by atoms with van der Waals surface area (Å²) in [7, 11) is 6.49. The number of rotatable bonds is 18. The topological polar surface area (TPSA) is 150 Å². The number of anilines is 2. The summed E-state index contributed by atoms with van der Waals surface area (Å²) in [6, 6.07) is 38.5. The number of fused-ring (bicyclic) bond motifs is 2. The Morgan fingerprint density at radius 2 is 0.946 bits per heavy atom. The fourth-order valence-electron chi connectivity index (χ4n) is 8.34. The summed E-state index contributed by atoms with van der Waals surface area (Å²) in [4.78, 5) is 23.3. The summed E-state index contributed by atoms with van der Waals surface area (Å²) in [5.41, 5.74) is 3.67. The molecule has 384 valence electrons. The van der Waals surface area contributed by atoms with Gasteiger partial charge in [0.1, 0.15) is 34.6 Å². The second kappa shape index (κ2) is 25.0. The van der Waals surface area contributed by atoms with Crippen LogP contribution in [0.2, 0.25) is 10.0 Å². The molecule has 0 saturated carbocycles. The molecule has 0 radical (unpaired) electrons. The summed E-state index contributed by atoms with van der Waals surface area (Å²) >= 11 is 12.4. The Morgan fingerprint density at radius 3 is 1.43 bits per heavy atom. The van der Waals surface area contributed by atoms with Crippen LogP contribution < -0.4 is 47.7 Å². The van der Waals surface area contributed by atoms with Gasteiger partial charge in [0.25, 0.3) is 0 Å². The predicted molar refractivity (Wildman–Crippen MR) is 286 cm³/mol. The van der Waals surface area contributed by atoms with Crippen LogP contribution in [0.25, 0.3) is 21.8 Å². The number of aromatic nitrogens is 4. The van der Waals surface area contributed by atoms with Gasteiger partial charge in [-0.1, -0.05) is 53.5 Å². The van der Waals surface area contributed by atoms with E-state index in [1.807, 2.05) is 109 Å². The number of hydrogen-bond acceptors (Lipinski definition) is 16. The van der Waals surface area contributed by atoms with Crippen molar-refractivity contribution in [1.29, 1.82) is 0 Å². The lowest BCUT2D eigenvalue weighted by Gasteiger charge is -2.29. The molecule has 0 amide bonds. The molecule has 0 aliphatic carbocycles. The minimum atomic E-state index is 0.328. The van der Waals surface area contributed by atoms with Crippen LogP contribution in [0.15, 0.2) is 121 Å². The van der Waals surface area contributed by atoms with E-state index >= 15 is 0 Å². The van der Waals surface area contributed by atoms with Gasteiger partial charge < -0.3 is 57.2 Å². The van der Waals surface area contributed by atoms with E-state index in [1.165, 1.54) is 0 Å². The third-order valence-electron chi connectivity index (χ3n) is 12.1. The first-order chi connectivity index (χ1) is 36.3. The minimum Gasteiger partial charge on any atom is -0.493 e. The second-order valence-corrected chi connectivity index (χ2v) is 17.7. The lowest BCUT2D eigenvalue weighted by molar-refractivity contribution is 0.122. The summed E-state index contributed by atoms with van der Waals surface area (Å²) in [5, 5.41) is 2.92. The Morgan fingerprint density at radius 1 is 0.459 bits per heavy atom. The Labute approximate surface area is 439 Å². The van der Waals surface area contributed by atoms with E-state index in [0.29, 0.717) is 121 Å². The zero-order valence-corrected chi connectivity index (χ0v) is 43.1. The molecule has 10 rings (SSSR count). The molecule has 0 N–H and O–H groups in total. The average molecular weight is 1040 g/mol. The van der Waals surface area contributed by atoms with Crippen molar-refractivity contribution in [1.82, 2.24) is 19.9 Å². The normalized spacial score (nSPS) is 13.4. The van der Waals surface area contributed by atoms with Crippen molar-refractivity contribution in [2.45, 2.75) is 12.8 Å². The number of halogens is 2. The van der Waals surface area contributed by atoms with Crippen molar-refractivity contribution < 1.29 is 47.4 Å². The van der Waals surface area contributed by atoms with Gasteiger partial charge in [-0.15, -0.1) is 0 Å². The van der Waals surface area contributed by atoms with Crippen LogP contribution in [-0.4, -0.2) is 114 Å². The molecular formula is C56H56Cl2N6O10. The van der Waals surface area contributed by atoms with E-state index in [2.05, 4.69) is 19.8 Å². The molecule has 0 bridgehead atoms. The molecule has 2 saturated heterocycles. The fraction of sp³-hybridized carbons (Fsp3) is 0.286. The van der Waals surface area contributed by atoms with Gasteiger partial charge in [0.15, 0.2) is 23.0 Å². The standard InChI is InChI=1S/2C28H28ClN3O5/c1-33-25-9-6-19(16-26(25)34-2)10-13-36-28-30-24-8-7-22(37-21-5-3-4-20(29)17-21)18-23(24)27(31-28)32-11-14-35-15-12-32;1-33-25-10-7-19(17-26(25)34-2)11-14-36-28-30-23-9-8-20(37-24-6-4-3-5-22(24)29)18-21(23)27(31-28)32-12-15-35-16-13-32/h3-9,16-18H,10-15H2,1-2H3;3-10,17-18H,11-16H2,1-2H3. The van der Waals surface area contributed by atoms with Crippen LogP contribution in [-0.2, 0) is 22.3 Å². The predicted octanol–water partition coefficient (Wildman–Crippen LogP) is 11.1. The molecule has 0 unspecified atom stereocenters. The highest BCUT2D eigenvalue weighted by atomic mass is 35.5. The van der Waals surface area contributed by atoms with E-state index in [9.17, 15) is 0 Å². The summed E-state index contributed by atoms with van der Waals surface area (Å²) in [6.45, 7) is 6.30. The van der Waals surface area contributed by atoms with Crippen molar-refractivity contribution in [2.24, 2.45) is 0 Å². The van der Waals surface area contributed by atoms with Gasteiger partial charge in [-0.25, -0.2) is 0 Å². The molecule has 2 aromatic heterocycles.